The van der Waals surface area contributed by atoms with Crippen LogP contribution in [0, 0.1) is 5.82 Å². The topological polar surface area (TPSA) is 29.5 Å². The molecule has 0 aliphatic carbocycles. The smallest absolute Gasteiger partial charge is 0.310 e. The molecule has 0 bridgehead atoms. The Hall–Kier alpha value is -2.62. The zero-order valence-corrected chi connectivity index (χ0v) is 12.7. The van der Waals surface area contributed by atoms with Crippen LogP contribution in [0.3, 0.4) is 0 Å². The van der Waals surface area contributed by atoms with Gasteiger partial charge in [0.15, 0.2) is 0 Å². The summed E-state index contributed by atoms with van der Waals surface area (Å²) in [5, 5.41) is 0. The van der Waals surface area contributed by atoms with Gasteiger partial charge in [-0.3, -0.25) is 4.79 Å². The molecule has 2 aromatic rings. The molecule has 0 fully saturated rings. The van der Waals surface area contributed by atoms with Crippen molar-refractivity contribution in [2.24, 2.45) is 0 Å². The SMILES string of the molecule is O=C(Cc1ccc(N2CC=CC2)c(F)c1)OCc1ccccc1. The maximum Gasteiger partial charge on any atom is 0.310 e. The number of halogens is 1. The van der Waals surface area contributed by atoms with E-state index in [1.54, 1.807) is 12.1 Å². The van der Waals surface area contributed by atoms with E-state index in [9.17, 15) is 9.18 Å². The summed E-state index contributed by atoms with van der Waals surface area (Å²) in [5.74, 6) is -0.661. The average Bonchev–Trinajstić information content (AvgIpc) is 3.08. The van der Waals surface area contributed by atoms with E-state index in [1.165, 1.54) is 6.07 Å². The highest BCUT2D eigenvalue weighted by Gasteiger charge is 2.14. The number of rotatable bonds is 5. The number of ether oxygens (including phenoxy) is 1. The highest BCUT2D eigenvalue weighted by atomic mass is 19.1. The third-order valence-electron chi connectivity index (χ3n) is 3.76. The molecule has 0 radical (unpaired) electrons. The lowest BCUT2D eigenvalue weighted by Gasteiger charge is -2.18. The fourth-order valence-electron chi connectivity index (χ4n) is 2.55. The maximum absolute atomic E-state index is 14.2. The molecule has 23 heavy (non-hydrogen) atoms. The van der Waals surface area contributed by atoms with Gasteiger partial charge in [-0.25, -0.2) is 4.39 Å². The molecule has 1 aliphatic heterocycles. The molecule has 118 valence electrons. The second kappa shape index (κ2) is 7.09. The van der Waals surface area contributed by atoms with Crippen LogP contribution < -0.4 is 4.90 Å². The number of anilines is 1. The van der Waals surface area contributed by atoms with E-state index in [0.717, 1.165) is 18.7 Å². The van der Waals surface area contributed by atoms with Crippen LogP contribution in [0.25, 0.3) is 0 Å². The molecule has 2 aromatic carbocycles. The standard InChI is InChI=1S/C19H18FNO2/c20-17-12-16(8-9-18(17)21-10-4-5-11-21)13-19(22)23-14-15-6-2-1-3-7-15/h1-9,12H,10-11,13-14H2. The van der Waals surface area contributed by atoms with Crippen LogP contribution in [-0.2, 0) is 22.6 Å². The number of carbonyl (C=O) groups is 1. The summed E-state index contributed by atoms with van der Waals surface area (Å²) in [4.78, 5) is 13.8. The summed E-state index contributed by atoms with van der Waals surface area (Å²) < 4.78 is 19.4. The summed E-state index contributed by atoms with van der Waals surface area (Å²) in [5.41, 5.74) is 2.12. The van der Waals surface area contributed by atoms with E-state index >= 15 is 0 Å². The van der Waals surface area contributed by atoms with Crippen molar-refractivity contribution < 1.29 is 13.9 Å². The van der Waals surface area contributed by atoms with E-state index in [1.807, 2.05) is 47.4 Å². The zero-order valence-electron chi connectivity index (χ0n) is 12.7. The van der Waals surface area contributed by atoms with Crippen LogP contribution in [0.1, 0.15) is 11.1 Å². The Kier molecular flexibility index (Phi) is 4.71. The fourth-order valence-corrected chi connectivity index (χ4v) is 2.55. The van der Waals surface area contributed by atoms with Gasteiger partial charge in [0.1, 0.15) is 12.4 Å². The summed E-state index contributed by atoms with van der Waals surface area (Å²) >= 11 is 0. The first-order valence-corrected chi connectivity index (χ1v) is 7.60. The fraction of sp³-hybridized carbons (Fsp3) is 0.211. The van der Waals surface area contributed by atoms with E-state index < -0.39 is 0 Å². The quantitative estimate of drug-likeness (QED) is 0.625. The molecule has 3 rings (SSSR count). The van der Waals surface area contributed by atoms with Crippen LogP contribution in [0.2, 0.25) is 0 Å². The summed E-state index contributed by atoms with van der Waals surface area (Å²) in [7, 11) is 0. The lowest BCUT2D eigenvalue weighted by Crippen LogP contribution is -2.20. The van der Waals surface area contributed by atoms with Crippen molar-refractivity contribution in [3.05, 3.63) is 77.6 Å². The van der Waals surface area contributed by atoms with Gasteiger partial charge in [-0.15, -0.1) is 0 Å². The Bertz CT molecular complexity index is 705. The van der Waals surface area contributed by atoms with Crippen molar-refractivity contribution >= 4 is 11.7 Å². The second-order valence-electron chi connectivity index (χ2n) is 5.49. The minimum atomic E-state index is -0.358. The Morgan fingerprint density at radius 1 is 1.04 bits per heavy atom. The zero-order chi connectivity index (χ0) is 16.1. The molecule has 1 aliphatic rings. The lowest BCUT2D eigenvalue weighted by molar-refractivity contribution is -0.144. The lowest BCUT2D eigenvalue weighted by atomic mass is 10.1. The molecule has 0 amide bonds. The Labute approximate surface area is 135 Å². The molecule has 0 spiro atoms. The first-order valence-electron chi connectivity index (χ1n) is 7.60. The van der Waals surface area contributed by atoms with E-state index in [-0.39, 0.29) is 24.8 Å². The first-order chi connectivity index (χ1) is 11.2. The van der Waals surface area contributed by atoms with Crippen molar-refractivity contribution in [2.75, 3.05) is 18.0 Å². The molecule has 0 N–H and O–H groups in total. The first kappa shape index (κ1) is 15.3. The van der Waals surface area contributed by atoms with Crippen molar-refractivity contribution in [1.29, 1.82) is 0 Å². The third kappa shape index (κ3) is 3.97. The van der Waals surface area contributed by atoms with Crippen LogP contribution in [0.4, 0.5) is 10.1 Å². The number of hydrogen-bond donors (Lipinski definition) is 0. The molecular weight excluding hydrogens is 293 g/mol. The van der Waals surface area contributed by atoms with Gasteiger partial charge in [0.25, 0.3) is 0 Å². The van der Waals surface area contributed by atoms with Gasteiger partial charge in [-0.1, -0.05) is 48.6 Å². The Morgan fingerprint density at radius 3 is 2.48 bits per heavy atom. The maximum atomic E-state index is 14.2. The van der Waals surface area contributed by atoms with Crippen molar-refractivity contribution in [3.63, 3.8) is 0 Å². The summed E-state index contributed by atoms with van der Waals surface area (Å²) in [6.45, 7) is 1.67. The predicted molar refractivity (Wildman–Crippen MR) is 87.7 cm³/mol. The van der Waals surface area contributed by atoms with Gasteiger partial charge in [-0.2, -0.15) is 0 Å². The summed E-state index contributed by atoms with van der Waals surface area (Å²) in [6.07, 6.45) is 4.09. The van der Waals surface area contributed by atoms with Gasteiger partial charge in [-0.05, 0) is 23.3 Å². The van der Waals surface area contributed by atoms with E-state index in [0.29, 0.717) is 11.3 Å². The van der Waals surface area contributed by atoms with Crippen LogP contribution >= 0.6 is 0 Å². The van der Waals surface area contributed by atoms with Crippen molar-refractivity contribution in [2.45, 2.75) is 13.0 Å². The number of carbonyl (C=O) groups excluding carboxylic acids is 1. The highest BCUT2D eigenvalue weighted by Crippen LogP contribution is 2.22. The van der Waals surface area contributed by atoms with Crippen LogP contribution in [0.15, 0.2) is 60.7 Å². The van der Waals surface area contributed by atoms with Gasteiger partial charge in [0.2, 0.25) is 0 Å². The van der Waals surface area contributed by atoms with Crippen LogP contribution in [0.5, 0.6) is 0 Å². The van der Waals surface area contributed by atoms with Gasteiger partial charge in [0, 0.05) is 13.1 Å². The van der Waals surface area contributed by atoms with E-state index in [2.05, 4.69) is 0 Å². The second-order valence-corrected chi connectivity index (χ2v) is 5.49. The van der Waals surface area contributed by atoms with Gasteiger partial charge >= 0.3 is 5.97 Å². The molecule has 1 heterocycles. The van der Waals surface area contributed by atoms with E-state index in [4.69, 9.17) is 4.74 Å². The Morgan fingerprint density at radius 2 is 1.78 bits per heavy atom. The average molecular weight is 311 g/mol. The number of nitrogens with zero attached hydrogens (tertiary/aromatic N) is 1. The monoisotopic (exact) mass is 311 g/mol. The normalized spacial score (nSPS) is 13.3. The number of hydrogen-bond acceptors (Lipinski definition) is 3. The molecule has 0 aromatic heterocycles. The predicted octanol–water partition coefficient (Wildman–Crippen LogP) is 3.49. The van der Waals surface area contributed by atoms with Crippen molar-refractivity contribution in [3.8, 4) is 0 Å². The molecule has 3 nitrogen and oxygen atoms in total. The molecule has 0 unspecified atom stereocenters. The number of esters is 1. The van der Waals surface area contributed by atoms with Gasteiger partial charge < -0.3 is 9.64 Å². The molecule has 0 saturated carbocycles. The third-order valence-corrected chi connectivity index (χ3v) is 3.76. The number of benzene rings is 2. The van der Waals surface area contributed by atoms with Gasteiger partial charge in [0.05, 0.1) is 12.1 Å². The minimum absolute atomic E-state index is 0.0717. The minimum Gasteiger partial charge on any atom is -0.461 e. The molecule has 0 saturated heterocycles. The Balaban J connectivity index is 1.57. The largest absolute Gasteiger partial charge is 0.461 e. The molecule has 4 heteroatoms. The van der Waals surface area contributed by atoms with Crippen molar-refractivity contribution in [1.82, 2.24) is 0 Å². The summed E-state index contributed by atoms with van der Waals surface area (Å²) in [6, 6.07) is 14.4. The molecule has 0 atom stereocenters. The molecular formula is C19H18FNO2. The highest BCUT2D eigenvalue weighted by molar-refractivity contribution is 5.73. The van der Waals surface area contributed by atoms with Crippen LogP contribution in [-0.4, -0.2) is 19.1 Å².